The molecule has 0 saturated heterocycles. The molecule has 0 aliphatic carbocycles. The summed E-state index contributed by atoms with van der Waals surface area (Å²) in [7, 11) is -4.19. The van der Waals surface area contributed by atoms with Crippen molar-refractivity contribution in [3.63, 3.8) is 0 Å². The normalized spacial score (nSPS) is 12.0. The number of anilines is 1. The molecule has 7 nitrogen and oxygen atoms in total. The average molecular weight is 591 g/mol. The minimum atomic E-state index is -4.19. The lowest BCUT2D eigenvalue weighted by Gasteiger charge is -2.33. The van der Waals surface area contributed by atoms with E-state index in [0.29, 0.717) is 13.0 Å². The van der Waals surface area contributed by atoms with E-state index in [2.05, 4.69) is 5.32 Å². The number of benzene rings is 3. The topological polar surface area (TPSA) is 86.8 Å². The number of carbonyl (C=O) groups is 2. The molecule has 0 aliphatic rings. The van der Waals surface area contributed by atoms with Gasteiger partial charge in [0.2, 0.25) is 11.8 Å². The molecule has 0 unspecified atom stereocenters. The van der Waals surface area contributed by atoms with Gasteiger partial charge in [-0.15, -0.1) is 0 Å². The van der Waals surface area contributed by atoms with Gasteiger partial charge in [-0.1, -0.05) is 85.1 Å². The largest absolute Gasteiger partial charge is 0.354 e. The molecule has 0 radical (unpaired) electrons. The third-order valence-corrected chi connectivity index (χ3v) is 8.74. The quantitative estimate of drug-likeness (QED) is 0.288. The van der Waals surface area contributed by atoms with Gasteiger partial charge in [0.05, 0.1) is 20.6 Å². The highest BCUT2D eigenvalue weighted by molar-refractivity contribution is 7.92. The number of halogens is 2. The van der Waals surface area contributed by atoms with E-state index in [1.165, 1.54) is 35.2 Å². The van der Waals surface area contributed by atoms with Crippen LogP contribution in [0.2, 0.25) is 10.0 Å². The first-order valence-electron chi connectivity index (χ1n) is 12.7. The number of nitrogens with one attached hydrogen (secondary N) is 1. The van der Waals surface area contributed by atoms with Crippen molar-refractivity contribution >= 4 is 50.7 Å². The van der Waals surface area contributed by atoms with Crippen LogP contribution in [0.25, 0.3) is 0 Å². The minimum Gasteiger partial charge on any atom is -0.354 e. The maximum absolute atomic E-state index is 14.0. The third kappa shape index (κ3) is 7.75. The number of hydrogen-bond acceptors (Lipinski definition) is 4. The molecule has 3 aromatic carbocycles. The Morgan fingerprint density at radius 1 is 0.923 bits per heavy atom. The number of hydrogen-bond donors (Lipinski definition) is 1. The maximum atomic E-state index is 14.0. The van der Waals surface area contributed by atoms with Crippen molar-refractivity contribution in [3.05, 3.63) is 94.0 Å². The molecule has 0 saturated carbocycles. The molecule has 2 amide bonds. The lowest BCUT2D eigenvalue weighted by Crippen LogP contribution is -2.52. The Bertz CT molecular complexity index is 1380. The van der Waals surface area contributed by atoms with Crippen molar-refractivity contribution in [2.24, 2.45) is 0 Å². The Morgan fingerprint density at radius 3 is 2.18 bits per heavy atom. The van der Waals surface area contributed by atoms with Crippen LogP contribution in [0.15, 0.2) is 77.7 Å². The lowest BCUT2D eigenvalue weighted by atomic mass is 10.1. The third-order valence-electron chi connectivity index (χ3n) is 6.21. The smallest absolute Gasteiger partial charge is 0.264 e. The van der Waals surface area contributed by atoms with Crippen molar-refractivity contribution in [1.82, 2.24) is 10.2 Å². The van der Waals surface area contributed by atoms with Gasteiger partial charge in [-0.2, -0.15) is 0 Å². The Kier molecular flexibility index (Phi) is 10.8. The van der Waals surface area contributed by atoms with E-state index in [0.717, 1.165) is 21.9 Å². The molecule has 10 heteroatoms. The highest BCUT2D eigenvalue weighted by atomic mass is 35.5. The molecule has 0 aliphatic heterocycles. The molecular weight excluding hydrogens is 557 g/mol. The molecule has 0 aromatic heterocycles. The van der Waals surface area contributed by atoms with Gasteiger partial charge in [-0.05, 0) is 55.7 Å². The van der Waals surface area contributed by atoms with Gasteiger partial charge < -0.3 is 10.2 Å². The summed E-state index contributed by atoms with van der Waals surface area (Å²) in [5.74, 6) is -0.815. The van der Waals surface area contributed by atoms with Crippen LogP contribution in [0, 0.1) is 6.92 Å². The van der Waals surface area contributed by atoms with Gasteiger partial charge in [0, 0.05) is 13.1 Å². The Labute approximate surface area is 240 Å². The number of amides is 2. The van der Waals surface area contributed by atoms with E-state index in [9.17, 15) is 18.0 Å². The van der Waals surface area contributed by atoms with Crippen LogP contribution in [-0.2, 0) is 26.2 Å². The van der Waals surface area contributed by atoms with Crippen molar-refractivity contribution < 1.29 is 18.0 Å². The molecule has 1 N–H and O–H groups in total. The summed E-state index contributed by atoms with van der Waals surface area (Å²) in [4.78, 5) is 28.5. The van der Waals surface area contributed by atoms with Crippen molar-refractivity contribution in [3.8, 4) is 0 Å². The summed E-state index contributed by atoms with van der Waals surface area (Å²) in [6, 6.07) is 19.2. The average Bonchev–Trinajstić information content (AvgIpc) is 2.92. The first kappa shape index (κ1) is 30.5. The Hall–Kier alpha value is -3.07. The number of carbonyl (C=O) groups excluding carboxylic acids is 2. The van der Waals surface area contributed by atoms with Gasteiger partial charge in [0.1, 0.15) is 12.6 Å². The lowest BCUT2D eigenvalue weighted by molar-refractivity contribution is -0.140. The van der Waals surface area contributed by atoms with Crippen molar-refractivity contribution in [1.29, 1.82) is 0 Å². The Balaban J connectivity index is 2.06. The van der Waals surface area contributed by atoms with Crippen molar-refractivity contribution in [2.45, 2.75) is 51.1 Å². The second-order valence-corrected chi connectivity index (χ2v) is 11.8. The number of aryl methyl sites for hydroxylation is 1. The zero-order chi connectivity index (χ0) is 28.6. The fourth-order valence-electron chi connectivity index (χ4n) is 4.07. The molecule has 3 rings (SSSR count). The van der Waals surface area contributed by atoms with Gasteiger partial charge in [0.25, 0.3) is 10.0 Å². The van der Waals surface area contributed by atoms with Crippen LogP contribution < -0.4 is 9.62 Å². The highest BCUT2D eigenvalue weighted by Gasteiger charge is 2.33. The van der Waals surface area contributed by atoms with Crippen LogP contribution in [0.3, 0.4) is 0 Å². The summed E-state index contributed by atoms with van der Waals surface area (Å²) in [5, 5.41) is 3.27. The molecule has 208 valence electrons. The zero-order valence-electron chi connectivity index (χ0n) is 22.2. The van der Waals surface area contributed by atoms with Gasteiger partial charge in [0.15, 0.2) is 0 Å². The standard InChI is InChI=1S/C29H33Cl2N3O4S/c1-4-17-32-29(36)27(5-2)33(19-22-9-7-6-8-10-22)28(35)20-34(23-13-16-25(30)26(31)18-23)39(37,38)24-14-11-21(3)12-15-24/h6-16,18,27H,4-5,17,19-20H2,1-3H3,(H,32,36)/t27-/m1/s1. The summed E-state index contributed by atoms with van der Waals surface area (Å²) >= 11 is 12.3. The van der Waals surface area contributed by atoms with E-state index in [4.69, 9.17) is 23.2 Å². The molecule has 0 heterocycles. The number of rotatable bonds is 12. The molecular formula is C29H33Cl2N3O4S. The molecule has 3 aromatic rings. The maximum Gasteiger partial charge on any atom is 0.264 e. The van der Waals surface area contributed by atoms with Crippen molar-refractivity contribution in [2.75, 3.05) is 17.4 Å². The van der Waals surface area contributed by atoms with E-state index in [1.54, 1.807) is 12.1 Å². The van der Waals surface area contributed by atoms with Crippen LogP contribution in [0.4, 0.5) is 5.69 Å². The van der Waals surface area contributed by atoms with E-state index in [-0.39, 0.29) is 33.1 Å². The van der Waals surface area contributed by atoms with E-state index < -0.39 is 28.5 Å². The van der Waals surface area contributed by atoms with E-state index >= 15 is 0 Å². The highest BCUT2D eigenvalue weighted by Crippen LogP contribution is 2.31. The van der Waals surface area contributed by atoms with Gasteiger partial charge >= 0.3 is 0 Å². The Morgan fingerprint density at radius 2 is 1.59 bits per heavy atom. The molecule has 39 heavy (non-hydrogen) atoms. The predicted molar refractivity (Wildman–Crippen MR) is 157 cm³/mol. The molecule has 0 bridgehead atoms. The first-order valence-corrected chi connectivity index (χ1v) is 14.9. The van der Waals surface area contributed by atoms with Crippen LogP contribution in [0.5, 0.6) is 0 Å². The summed E-state index contributed by atoms with van der Waals surface area (Å²) in [6.07, 6.45) is 1.10. The zero-order valence-corrected chi connectivity index (χ0v) is 24.6. The first-order chi connectivity index (χ1) is 18.6. The second-order valence-electron chi connectivity index (χ2n) is 9.15. The van der Waals surface area contributed by atoms with Gasteiger partial charge in [-0.25, -0.2) is 8.42 Å². The fourth-order valence-corrected chi connectivity index (χ4v) is 5.77. The van der Waals surface area contributed by atoms with Gasteiger partial charge in [-0.3, -0.25) is 13.9 Å². The fraction of sp³-hybridized carbons (Fsp3) is 0.310. The van der Waals surface area contributed by atoms with E-state index in [1.807, 2.05) is 51.1 Å². The summed E-state index contributed by atoms with van der Waals surface area (Å²) in [5.41, 5.74) is 1.89. The SMILES string of the molecule is CCCNC(=O)[C@@H](CC)N(Cc1ccccc1)C(=O)CN(c1ccc(Cl)c(Cl)c1)S(=O)(=O)c1ccc(C)cc1. The second kappa shape index (κ2) is 13.8. The summed E-state index contributed by atoms with van der Waals surface area (Å²) in [6.45, 7) is 5.68. The number of nitrogens with zero attached hydrogens (tertiary/aromatic N) is 2. The van der Waals surface area contributed by atoms with Crippen LogP contribution >= 0.6 is 23.2 Å². The monoisotopic (exact) mass is 589 g/mol. The van der Waals surface area contributed by atoms with Crippen LogP contribution in [-0.4, -0.2) is 44.3 Å². The number of sulfonamides is 1. The predicted octanol–water partition coefficient (Wildman–Crippen LogP) is 5.83. The molecule has 0 fully saturated rings. The summed E-state index contributed by atoms with van der Waals surface area (Å²) < 4.78 is 28.8. The minimum absolute atomic E-state index is 0.0225. The molecule has 1 atom stereocenters. The van der Waals surface area contributed by atoms with Crippen LogP contribution in [0.1, 0.15) is 37.8 Å². The molecule has 0 spiro atoms.